The van der Waals surface area contributed by atoms with Crippen molar-refractivity contribution >= 4 is 33.7 Å². The Morgan fingerprint density at radius 1 is 0.886 bits per heavy atom. The van der Waals surface area contributed by atoms with E-state index < -0.39 is 27.4 Å². The Bertz CT molecular complexity index is 1500. The number of hydrogen-bond acceptors (Lipinski definition) is 7. The van der Waals surface area contributed by atoms with E-state index in [2.05, 4.69) is 10.2 Å². The number of carbonyl (C=O) groups is 2. The van der Waals surface area contributed by atoms with Crippen molar-refractivity contribution in [1.29, 1.82) is 0 Å². The predicted octanol–water partition coefficient (Wildman–Crippen LogP) is 4.15. The first-order chi connectivity index (χ1) is 21.3. The van der Waals surface area contributed by atoms with E-state index in [1.165, 1.54) is 16.1 Å². The molecule has 2 saturated heterocycles. The van der Waals surface area contributed by atoms with E-state index in [0.717, 1.165) is 36.3 Å². The van der Waals surface area contributed by atoms with Gasteiger partial charge in [0.15, 0.2) is 0 Å². The number of rotatable bonds is 12. The fourth-order valence-corrected chi connectivity index (χ4v) is 9.03. The van der Waals surface area contributed by atoms with E-state index in [9.17, 15) is 23.1 Å². The number of sulfonamides is 1. The van der Waals surface area contributed by atoms with Gasteiger partial charge >= 0.3 is 5.97 Å². The van der Waals surface area contributed by atoms with Crippen LogP contribution in [0.15, 0.2) is 89.8 Å². The number of nitrogens with one attached hydrogen (secondary N) is 1. The largest absolute Gasteiger partial charge is 0.480 e. The van der Waals surface area contributed by atoms with E-state index in [-0.39, 0.29) is 23.4 Å². The maximum absolute atomic E-state index is 13.7. The fourth-order valence-electron chi connectivity index (χ4n) is 5.94. The van der Waals surface area contributed by atoms with Crippen molar-refractivity contribution in [2.75, 3.05) is 45.0 Å². The average molecular weight is 637 g/mol. The molecule has 3 aromatic rings. The molecule has 2 N–H and O–H groups in total. The molecule has 0 aliphatic carbocycles. The molecule has 3 atom stereocenters. The van der Waals surface area contributed by atoms with Crippen LogP contribution in [0.3, 0.4) is 0 Å². The van der Waals surface area contributed by atoms with Gasteiger partial charge in [-0.15, -0.1) is 11.8 Å². The summed E-state index contributed by atoms with van der Waals surface area (Å²) in [6.45, 7) is 5.77. The molecule has 234 valence electrons. The molecule has 1 unspecified atom stereocenters. The molecule has 5 rings (SSSR count). The Hall–Kier alpha value is -3.22. The smallest absolute Gasteiger partial charge is 0.320 e. The Kier molecular flexibility index (Phi) is 10.8. The van der Waals surface area contributed by atoms with E-state index in [1.807, 2.05) is 72.5 Å². The summed E-state index contributed by atoms with van der Waals surface area (Å²) in [5, 5.41) is 11.8. The SMILES string of the molecule is CCC(C(=O)O)N1CCN(CC[C@H](NC(=O)[C@@H]2SCCN2S(=O)(=O)c2ccc(-c3ccccc3)cc2)c2ccccc2)CC1. The van der Waals surface area contributed by atoms with E-state index >= 15 is 0 Å². The number of carbonyl (C=O) groups excluding carboxylic acids is 1. The maximum Gasteiger partial charge on any atom is 0.320 e. The van der Waals surface area contributed by atoms with E-state index in [4.69, 9.17) is 0 Å². The first-order valence-corrected chi connectivity index (χ1v) is 17.6. The monoisotopic (exact) mass is 636 g/mol. The number of nitrogens with zero attached hydrogens (tertiary/aromatic N) is 3. The van der Waals surface area contributed by atoms with Gasteiger partial charge in [-0.05, 0) is 41.7 Å². The van der Waals surface area contributed by atoms with E-state index in [0.29, 0.717) is 31.7 Å². The molecule has 0 bridgehead atoms. The van der Waals surface area contributed by atoms with Crippen molar-refractivity contribution in [1.82, 2.24) is 19.4 Å². The van der Waals surface area contributed by atoms with Gasteiger partial charge in [0, 0.05) is 45.0 Å². The van der Waals surface area contributed by atoms with Crippen LogP contribution in [0, 0.1) is 0 Å². The molecular formula is C33H40N4O5S2. The third kappa shape index (κ3) is 7.52. The lowest BCUT2D eigenvalue weighted by Gasteiger charge is -2.38. The molecule has 9 nitrogen and oxygen atoms in total. The van der Waals surface area contributed by atoms with Gasteiger partial charge in [-0.2, -0.15) is 4.31 Å². The number of carboxylic acids is 1. The van der Waals surface area contributed by atoms with Crippen molar-refractivity contribution in [3.63, 3.8) is 0 Å². The number of amides is 1. The Labute approximate surface area is 264 Å². The normalized spacial score (nSPS) is 19.8. The number of piperazine rings is 1. The van der Waals surface area contributed by atoms with Crippen LogP contribution in [0.1, 0.15) is 31.4 Å². The summed E-state index contributed by atoms with van der Waals surface area (Å²) in [5.41, 5.74) is 2.89. The van der Waals surface area contributed by atoms with Crippen LogP contribution in [0.25, 0.3) is 11.1 Å². The quantitative estimate of drug-likeness (QED) is 0.305. The molecule has 2 fully saturated rings. The predicted molar refractivity (Wildman–Crippen MR) is 174 cm³/mol. The number of aliphatic carboxylic acids is 1. The summed E-state index contributed by atoms with van der Waals surface area (Å²) >= 11 is 1.34. The molecule has 0 saturated carbocycles. The highest BCUT2D eigenvalue weighted by Gasteiger charge is 2.41. The second-order valence-electron chi connectivity index (χ2n) is 11.1. The van der Waals surface area contributed by atoms with Gasteiger partial charge in [-0.1, -0.05) is 79.7 Å². The number of hydrogen-bond donors (Lipinski definition) is 2. The Morgan fingerprint density at radius 3 is 2.11 bits per heavy atom. The van der Waals surface area contributed by atoms with Gasteiger partial charge in [0.05, 0.1) is 10.9 Å². The summed E-state index contributed by atoms with van der Waals surface area (Å²) in [5.74, 6) is -0.560. The van der Waals surface area contributed by atoms with Gasteiger partial charge in [0.1, 0.15) is 11.4 Å². The minimum Gasteiger partial charge on any atom is -0.480 e. The Balaban J connectivity index is 1.24. The molecule has 3 aromatic carbocycles. The topological polar surface area (TPSA) is 110 Å². The summed E-state index contributed by atoms with van der Waals surface area (Å²) in [6, 6.07) is 25.6. The van der Waals surface area contributed by atoms with Crippen molar-refractivity contribution < 1.29 is 23.1 Å². The third-order valence-corrected chi connectivity index (χ3v) is 11.6. The zero-order valence-electron chi connectivity index (χ0n) is 24.9. The van der Waals surface area contributed by atoms with Crippen LogP contribution in [0.5, 0.6) is 0 Å². The van der Waals surface area contributed by atoms with Crippen LogP contribution < -0.4 is 5.32 Å². The first kappa shape index (κ1) is 32.2. The molecule has 0 radical (unpaired) electrons. The highest BCUT2D eigenvalue weighted by molar-refractivity contribution is 8.02. The molecule has 0 aromatic heterocycles. The van der Waals surface area contributed by atoms with Gasteiger partial charge in [-0.25, -0.2) is 8.42 Å². The van der Waals surface area contributed by atoms with Crippen LogP contribution in [-0.4, -0.2) is 95.9 Å². The second kappa shape index (κ2) is 14.7. The standard InChI is InChI=1S/C33H40N4O5S2/c1-2-30(33(39)40)36-21-19-35(20-22-36)18-17-29(27-11-7-4-8-12-27)34-31(38)32-37(23-24-43-32)44(41,42)28-15-13-26(14-16-28)25-9-5-3-6-10-25/h3-16,29-30,32H,2,17-24H2,1H3,(H,34,38)(H,39,40)/t29-,30?,32-/m0/s1. The van der Waals surface area contributed by atoms with Gasteiger partial charge in [0.25, 0.3) is 0 Å². The molecule has 11 heteroatoms. The van der Waals surface area contributed by atoms with Crippen LogP contribution in [-0.2, 0) is 19.6 Å². The fraction of sp³-hybridized carbons (Fsp3) is 0.394. The van der Waals surface area contributed by atoms with Crippen molar-refractivity contribution in [3.05, 3.63) is 90.5 Å². The zero-order valence-corrected chi connectivity index (χ0v) is 26.6. The molecule has 1 amide bonds. The van der Waals surface area contributed by atoms with Gasteiger partial charge in [0.2, 0.25) is 15.9 Å². The molecule has 2 heterocycles. The van der Waals surface area contributed by atoms with Crippen molar-refractivity contribution in [2.24, 2.45) is 0 Å². The minimum atomic E-state index is -3.89. The molecular weight excluding hydrogens is 597 g/mol. The molecule has 44 heavy (non-hydrogen) atoms. The summed E-state index contributed by atoms with van der Waals surface area (Å²) in [6.07, 6.45) is 1.22. The minimum absolute atomic E-state index is 0.171. The highest BCUT2D eigenvalue weighted by atomic mass is 32.2. The van der Waals surface area contributed by atoms with Gasteiger partial charge in [-0.3, -0.25) is 14.5 Å². The van der Waals surface area contributed by atoms with Crippen LogP contribution in [0.2, 0.25) is 0 Å². The van der Waals surface area contributed by atoms with Gasteiger partial charge < -0.3 is 15.3 Å². The lowest BCUT2D eigenvalue weighted by Crippen LogP contribution is -2.53. The average Bonchev–Trinajstić information content (AvgIpc) is 3.56. The molecule has 2 aliphatic rings. The Morgan fingerprint density at radius 2 is 1.50 bits per heavy atom. The highest BCUT2D eigenvalue weighted by Crippen LogP contribution is 2.32. The van der Waals surface area contributed by atoms with Crippen LogP contribution in [0.4, 0.5) is 0 Å². The lowest BCUT2D eigenvalue weighted by atomic mass is 10.0. The number of thioether (sulfide) groups is 1. The number of carboxylic acid groups (broad SMARTS) is 1. The van der Waals surface area contributed by atoms with E-state index in [1.54, 1.807) is 24.3 Å². The number of benzene rings is 3. The summed E-state index contributed by atoms with van der Waals surface area (Å²) < 4.78 is 28.7. The lowest BCUT2D eigenvalue weighted by molar-refractivity contribution is -0.144. The van der Waals surface area contributed by atoms with Crippen molar-refractivity contribution in [2.45, 2.75) is 42.1 Å². The van der Waals surface area contributed by atoms with Crippen molar-refractivity contribution in [3.8, 4) is 11.1 Å². The third-order valence-electron chi connectivity index (χ3n) is 8.41. The molecule has 0 spiro atoms. The summed E-state index contributed by atoms with van der Waals surface area (Å²) in [4.78, 5) is 29.8. The molecule has 2 aliphatic heterocycles. The maximum atomic E-state index is 13.7. The second-order valence-corrected chi connectivity index (χ2v) is 14.2. The van der Waals surface area contributed by atoms with Crippen LogP contribution >= 0.6 is 11.8 Å². The zero-order chi connectivity index (χ0) is 31.1. The summed E-state index contributed by atoms with van der Waals surface area (Å²) in [7, 11) is -3.89. The first-order valence-electron chi connectivity index (χ1n) is 15.1.